The molecule has 0 rings (SSSR count). The third-order valence-corrected chi connectivity index (χ3v) is 1.59. The quantitative estimate of drug-likeness (QED) is 0.449. The van der Waals surface area contributed by atoms with Crippen LogP contribution in [0.3, 0.4) is 0 Å². The second-order valence-corrected chi connectivity index (χ2v) is 3.25. The van der Waals surface area contributed by atoms with Gasteiger partial charge in [-0.05, 0) is 6.92 Å². The van der Waals surface area contributed by atoms with Crippen molar-refractivity contribution in [3.8, 4) is 0 Å². The first-order valence-electron chi connectivity index (χ1n) is 4.53. The van der Waals surface area contributed by atoms with E-state index in [4.69, 9.17) is 9.47 Å². The van der Waals surface area contributed by atoms with E-state index in [-0.39, 0.29) is 12.5 Å². The summed E-state index contributed by atoms with van der Waals surface area (Å²) >= 11 is 0. The van der Waals surface area contributed by atoms with Crippen LogP contribution in [0.25, 0.3) is 0 Å². The molecule has 0 fully saturated rings. The van der Waals surface area contributed by atoms with E-state index in [1.54, 1.807) is 19.1 Å². The van der Waals surface area contributed by atoms with E-state index < -0.39 is 0 Å². The highest BCUT2D eigenvalue weighted by atomic mass is 16.5. The molecule has 82 valence electrons. The number of hydrogen-bond acceptors (Lipinski definition) is 3. The van der Waals surface area contributed by atoms with Crippen LogP contribution in [-0.2, 0) is 14.3 Å². The average Bonchev–Trinajstić information content (AvgIpc) is 2.11. The van der Waals surface area contributed by atoms with Crippen LogP contribution >= 0.6 is 0 Å². The fourth-order valence-electron chi connectivity index (χ4n) is 0.905. The third-order valence-electron chi connectivity index (χ3n) is 1.59. The molecule has 0 aromatic carbocycles. The number of likely N-dealkylation sites (N-methyl/N-ethyl adjacent to an activating group) is 1. The summed E-state index contributed by atoms with van der Waals surface area (Å²) in [6.45, 7) is 7.26. The Hall–Kier alpha value is -0.870. The van der Waals surface area contributed by atoms with E-state index in [0.29, 0.717) is 19.8 Å². The smallest absolute Gasteiger partial charge is 0.248 e. The number of methoxy groups -OCH3 is 1. The second kappa shape index (κ2) is 7.53. The molecule has 1 amide bonds. The molecule has 0 spiro atoms. The highest BCUT2D eigenvalue weighted by Crippen LogP contribution is 1.93. The van der Waals surface area contributed by atoms with E-state index in [9.17, 15) is 4.79 Å². The van der Waals surface area contributed by atoms with E-state index in [2.05, 4.69) is 6.58 Å². The van der Waals surface area contributed by atoms with E-state index >= 15 is 0 Å². The Kier molecular flexibility index (Phi) is 7.06. The topological polar surface area (TPSA) is 38.8 Å². The number of ether oxygens (including phenoxy) is 2. The van der Waals surface area contributed by atoms with Crippen molar-refractivity contribution < 1.29 is 14.3 Å². The minimum absolute atomic E-state index is 0.0379. The van der Waals surface area contributed by atoms with Gasteiger partial charge in [0.2, 0.25) is 5.91 Å². The molecule has 0 aromatic heterocycles. The maximum atomic E-state index is 11.4. The Morgan fingerprint density at radius 3 is 2.57 bits per heavy atom. The lowest BCUT2D eigenvalue weighted by atomic mass is 10.3. The van der Waals surface area contributed by atoms with Crippen LogP contribution in [0.1, 0.15) is 6.92 Å². The molecule has 0 aliphatic heterocycles. The number of nitrogens with zero attached hydrogens (tertiary/aromatic N) is 1. The van der Waals surface area contributed by atoms with Gasteiger partial charge in [-0.15, -0.1) is 0 Å². The summed E-state index contributed by atoms with van der Waals surface area (Å²) in [5.74, 6) is -0.0379. The zero-order chi connectivity index (χ0) is 11.0. The molecule has 0 bridgehead atoms. The monoisotopic (exact) mass is 201 g/mol. The Balaban J connectivity index is 3.57. The highest BCUT2D eigenvalue weighted by molar-refractivity contribution is 5.77. The zero-order valence-electron chi connectivity index (χ0n) is 9.21. The Morgan fingerprint density at radius 1 is 1.43 bits per heavy atom. The maximum absolute atomic E-state index is 11.4. The van der Waals surface area contributed by atoms with Gasteiger partial charge in [-0.1, -0.05) is 12.2 Å². The van der Waals surface area contributed by atoms with Crippen LogP contribution in [-0.4, -0.2) is 51.3 Å². The average molecular weight is 201 g/mol. The molecule has 0 aromatic rings. The first kappa shape index (κ1) is 13.1. The van der Waals surface area contributed by atoms with Crippen molar-refractivity contribution in [2.75, 3.05) is 40.5 Å². The number of carbonyl (C=O) groups is 1. The normalized spacial score (nSPS) is 9.93. The predicted molar refractivity (Wildman–Crippen MR) is 55.1 cm³/mol. The van der Waals surface area contributed by atoms with Crippen molar-refractivity contribution in [1.29, 1.82) is 0 Å². The van der Waals surface area contributed by atoms with Crippen molar-refractivity contribution >= 4 is 5.91 Å². The van der Waals surface area contributed by atoms with E-state index in [1.807, 2.05) is 6.92 Å². The number of amides is 1. The third kappa shape index (κ3) is 6.62. The van der Waals surface area contributed by atoms with Crippen LogP contribution in [0.4, 0.5) is 0 Å². The summed E-state index contributed by atoms with van der Waals surface area (Å²) in [7, 11) is 3.33. The molecule has 0 unspecified atom stereocenters. The van der Waals surface area contributed by atoms with Crippen LogP contribution in [0.5, 0.6) is 0 Å². The summed E-state index contributed by atoms with van der Waals surface area (Å²) in [5.41, 5.74) is 0.956. The fraction of sp³-hybridized carbons (Fsp3) is 0.700. The first-order valence-corrected chi connectivity index (χ1v) is 4.53. The largest absolute Gasteiger partial charge is 0.382 e. The van der Waals surface area contributed by atoms with Crippen molar-refractivity contribution in [3.63, 3.8) is 0 Å². The van der Waals surface area contributed by atoms with Crippen LogP contribution < -0.4 is 0 Å². The number of carbonyl (C=O) groups excluding carboxylic acids is 1. The van der Waals surface area contributed by atoms with Gasteiger partial charge in [0, 0.05) is 20.7 Å². The summed E-state index contributed by atoms with van der Waals surface area (Å²) in [5, 5.41) is 0. The van der Waals surface area contributed by atoms with Gasteiger partial charge in [-0.3, -0.25) is 4.79 Å². The zero-order valence-corrected chi connectivity index (χ0v) is 9.21. The molecule has 0 aliphatic carbocycles. The molecule has 0 N–H and O–H groups in total. The summed E-state index contributed by atoms with van der Waals surface area (Å²) < 4.78 is 9.88. The van der Waals surface area contributed by atoms with E-state index in [0.717, 1.165) is 5.57 Å². The summed E-state index contributed by atoms with van der Waals surface area (Å²) in [4.78, 5) is 13.0. The van der Waals surface area contributed by atoms with Gasteiger partial charge < -0.3 is 14.4 Å². The molecule has 0 saturated carbocycles. The minimum atomic E-state index is -0.0379. The lowest BCUT2D eigenvalue weighted by molar-refractivity contribution is -0.134. The van der Waals surface area contributed by atoms with Gasteiger partial charge in [-0.25, -0.2) is 0 Å². The maximum Gasteiger partial charge on any atom is 0.248 e. The van der Waals surface area contributed by atoms with Gasteiger partial charge in [-0.2, -0.15) is 0 Å². The SMILES string of the molecule is C=C(C)CN(C)C(=O)COCCOC. The Labute approximate surface area is 85.5 Å². The standard InChI is InChI=1S/C10H19NO3/c1-9(2)7-11(3)10(12)8-14-6-5-13-4/h1,5-8H2,2-4H3. The second-order valence-electron chi connectivity index (χ2n) is 3.25. The van der Waals surface area contributed by atoms with Gasteiger partial charge in [0.1, 0.15) is 6.61 Å². The number of rotatable bonds is 7. The van der Waals surface area contributed by atoms with E-state index in [1.165, 1.54) is 0 Å². The Bertz CT molecular complexity index is 192. The van der Waals surface area contributed by atoms with Crippen LogP contribution in [0.2, 0.25) is 0 Å². The lowest BCUT2D eigenvalue weighted by Crippen LogP contribution is -2.31. The predicted octanol–water partition coefficient (Wildman–Crippen LogP) is 0.684. The van der Waals surface area contributed by atoms with Gasteiger partial charge in [0.15, 0.2) is 0 Å². The lowest BCUT2D eigenvalue weighted by Gasteiger charge is -2.16. The highest BCUT2D eigenvalue weighted by Gasteiger charge is 2.07. The molecule has 0 radical (unpaired) electrons. The molecule has 0 saturated heterocycles. The van der Waals surface area contributed by atoms with Gasteiger partial charge in [0.25, 0.3) is 0 Å². The molecule has 0 heterocycles. The summed E-state index contributed by atoms with van der Waals surface area (Å²) in [6.07, 6.45) is 0. The molecular weight excluding hydrogens is 182 g/mol. The molecule has 0 aliphatic rings. The molecule has 4 heteroatoms. The van der Waals surface area contributed by atoms with Crippen molar-refractivity contribution in [1.82, 2.24) is 4.90 Å². The van der Waals surface area contributed by atoms with Crippen molar-refractivity contribution in [3.05, 3.63) is 12.2 Å². The molecule has 0 atom stereocenters. The van der Waals surface area contributed by atoms with Crippen LogP contribution in [0, 0.1) is 0 Å². The van der Waals surface area contributed by atoms with Crippen molar-refractivity contribution in [2.24, 2.45) is 0 Å². The first-order chi connectivity index (χ1) is 6.57. The fourth-order valence-corrected chi connectivity index (χ4v) is 0.905. The van der Waals surface area contributed by atoms with Crippen molar-refractivity contribution in [2.45, 2.75) is 6.92 Å². The Morgan fingerprint density at radius 2 is 2.07 bits per heavy atom. The molecule has 4 nitrogen and oxygen atoms in total. The molecule has 14 heavy (non-hydrogen) atoms. The van der Waals surface area contributed by atoms with Gasteiger partial charge >= 0.3 is 0 Å². The summed E-state index contributed by atoms with van der Waals surface area (Å²) in [6, 6.07) is 0. The van der Waals surface area contributed by atoms with Gasteiger partial charge in [0.05, 0.1) is 13.2 Å². The number of hydrogen-bond donors (Lipinski definition) is 0. The minimum Gasteiger partial charge on any atom is -0.382 e. The van der Waals surface area contributed by atoms with Crippen LogP contribution in [0.15, 0.2) is 12.2 Å². The molecular formula is C10H19NO3.